The predicted octanol–water partition coefficient (Wildman–Crippen LogP) is 2.34. The first-order valence-electron chi connectivity index (χ1n) is 7.94. The minimum atomic E-state index is -0.820. The summed E-state index contributed by atoms with van der Waals surface area (Å²) in [7, 11) is 0. The van der Waals surface area contributed by atoms with E-state index >= 15 is 0 Å². The molecule has 1 saturated heterocycles. The van der Waals surface area contributed by atoms with Crippen LogP contribution in [0.15, 0.2) is 18.2 Å². The summed E-state index contributed by atoms with van der Waals surface area (Å²) in [5.41, 5.74) is 2.00. The van der Waals surface area contributed by atoms with Crippen molar-refractivity contribution in [2.24, 2.45) is 5.92 Å². The first-order chi connectivity index (χ1) is 10.1. The summed E-state index contributed by atoms with van der Waals surface area (Å²) in [6, 6.07) is 5.95. The third-order valence-electron chi connectivity index (χ3n) is 5.18. The van der Waals surface area contributed by atoms with Gasteiger partial charge in [-0.05, 0) is 49.9 Å². The number of fused-ring (bicyclic) bond motifs is 1. The molecule has 2 aliphatic rings. The molecule has 0 saturated carbocycles. The molecule has 3 N–H and O–H groups in total. The van der Waals surface area contributed by atoms with Crippen molar-refractivity contribution in [3.8, 4) is 0 Å². The van der Waals surface area contributed by atoms with E-state index in [1.807, 2.05) is 32.0 Å². The lowest BCUT2D eigenvalue weighted by molar-refractivity contribution is -0.116. The Balaban J connectivity index is 1.95. The van der Waals surface area contributed by atoms with Gasteiger partial charge in [-0.25, -0.2) is 0 Å². The van der Waals surface area contributed by atoms with Gasteiger partial charge in [-0.3, -0.25) is 4.79 Å². The average molecular weight is 288 g/mol. The lowest BCUT2D eigenvalue weighted by Crippen LogP contribution is -2.44. The monoisotopic (exact) mass is 288 g/mol. The van der Waals surface area contributed by atoms with E-state index in [9.17, 15) is 9.90 Å². The van der Waals surface area contributed by atoms with Crippen LogP contribution in [0.5, 0.6) is 0 Å². The summed E-state index contributed by atoms with van der Waals surface area (Å²) in [6.45, 7) is 5.83. The number of amides is 1. The first-order valence-corrected chi connectivity index (χ1v) is 7.94. The van der Waals surface area contributed by atoms with Crippen molar-refractivity contribution < 1.29 is 9.90 Å². The topological polar surface area (TPSA) is 61.4 Å². The molecule has 3 atom stereocenters. The molecular formula is C17H24N2O2. The number of aliphatic hydroxyl groups is 1. The van der Waals surface area contributed by atoms with Crippen LogP contribution in [-0.2, 0) is 10.4 Å². The molecule has 2 aliphatic heterocycles. The Morgan fingerprint density at radius 2 is 2.24 bits per heavy atom. The highest BCUT2D eigenvalue weighted by Crippen LogP contribution is 2.40. The van der Waals surface area contributed by atoms with Gasteiger partial charge in [0.15, 0.2) is 0 Å². The number of piperidine rings is 1. The van der Waals surface area contributed by atoms with Gasteiger partial charge in [-0.1, -0.05) is 19.1 Å². The van der Waals surface area contributed by atoms with Gasteiger partial charge in [0.05, 0.1) is 11.5 Å². The molecule has 114 valence electrons. The molecule has 0 bridgehead atoms. The van der Waals surface area contributed by atoms with Crippen LogP contribution >= 0.6 is 0 Å². The van der Waals surface area contributed by atoms with Gasteiger partial charge in [0.2, 0.25) is 5.91 Å². The molecule has 3 unspecified atom stereocenters. The van der Waals surface area contributed by atoms with E-state index < -0.39 is 5.60 Å². The molecule has 4 nitrogen and oxygen atoms in total. The summed E-state index contributed by atoms with van der Waals surface area (Å²) >= 11 is 0. The molecule has 1 fully saturated rings. The van der Waals surface area contributed by atoms with E-state index in [1.165, 1.54) is 0 Å². The fraction of sp³-hybridized carbons (Fsp3) is 0.588. The summed E-state index contributed by atoms with van der Waals surface area (Å²) in [4.78, 5) is 11.8. The summed E-state index contributed by atoms with van der Waals surface area (Å²) in [5.74, 6) is 0.172. The van der Waals surface area contributed by atoms with Crippen molar-refractivity contribution >= 4 is 11.6 Å². The van der Waals surface area contributed by atoms with E-state index in [1.54, 1.807) is 0 Å². The maximum Gasteiger partial charge on any atom is 0.231 e. The largest absolute Gasteiger partial charge is 0.385 e. The number of benzene rings is 1. The Morgan fingerprint density at radius 1 is 1.43 bits per heavy atom. The average Bonchev–Trinajstić information content (AvgIpc) is 2.81. The summed E-state index contributed by atoms with van der Waals surface area (Å²) < 4.78 is 0. The minimum absolute atomic E-state index is 0.0431. The molecular weight excluding hydrogens is 264 g/mol. The van der Waals surface area contributed by atoms with Gasteiger partial charge < -0.3 is 15.7 Å². The van der Waals surface area contributed by atoms with Crippen molar-refractivity contribution in [1.29, 1.82) is 0 Å². The molecule has 0 aliphatic carbocycles. The van der Waals surface area contributed by atoms with Crippen LogP contribution < -0.4 is 10.6 Å². The lowest BCUT2D eigenvalue weighted by atomic mass is 9.75. The normalized spacial score (nSPS) is 27.9. The van der Waals surface area contributed by atoms with Gasteiger partial charge in [-0.15, -0.1) is 0 Å². The number of rotatable bonds is 3. The van der Waals surface area contributed by atoms with Gasteiger partial charge in [-0.2, -0.15) is 0 Å². The molecule has 4 heteroatoms. The molecule has 0 aromatic heterocycles. The first kappa shape index (κ1) is 14.5. The van der Waals surface area contributed by atoms with Crippen molar-refractivity contribution in [3.63, 3.8) is 0 Å². The highest BCUT2D eigenvalue weighted by molar-refractivity contribution is 6.02. The van der Waals surface area contributed by atoms with Crippen LogP contribution in [0.1, 0.15) is 50.2 Å². The van der Waals surface area contributed by atoms with Crippen LogP contribution in [0.4, 0.5) is 5.69 Å². The molecule has 3 rings (SSSR count). The molecule has 0 radical (unpaired) electrons. The Kier molecular flexibility index (Phi) is 3.76. The Bertz CT molecular complexity index is 552. The number of hydrogen-bond acceptors (Lipinski definition) is 3. The lowest BCUT2D eigenvalue weighted by Gasteiger charge is -2.38. The van der Waals surface area contributed by atoms with Crippen LogP contribution in [0.3, 0.4) is 0 Å². The van der Waals surface area contributed by atoms with E-state index in [0.29, 0.717) is 6.42 Å². The van der Waals surface area contributed by atoms with Crippen molar-refractivity contribution in [2.75, 3.05) is 18.4 Å². The van der Waals surface area contributed by atoms with Crippen molar-refractivity contribution in [3.05, 3.63) is 29.3 Å². The Hall–Kier alpha value is -1.39. The molecule has 2 heterocycles. The maximum atomic E-state index is 11.8. The zero-order valence-electron chi connectivity index (χ0n) is 12.8. The second-order valence-corrected chi connectivity index (χ2v) is 6.33. The molecule has 1 amide bonds. The zero-order valence-corrected chi connectivity index (χ0v) is 12.8. The highest BCUT2D eigenvalue weighted by Gasteiger charge is 2.38. The van der Waals surface area contributed by atoms with E-state index in [4.69, 9.17) is 0 Å². The van der Waals surface area contributed by atoms with Gasteiger partial charge in [0.1, 0.15) is 0 Å². The maximum absolute atomic E-state index is 11.8. The third-order valence-corrected chi connectivity index (χ3v) is 5.18. The fourth-order valence-corrected chi connectivity index (χ4v) is 3.68. The number of hydrogen-bond donors (Lipinski definition) is 3. The second-order valence-electron chi connectivity index (χ2n) is 6.33. The van der Waals surface area contributed by atoms with Crippen LogP contribution in [0, 0.1) is 5.92 Å². The second kappa shape index (κ2) is 5.43. The standard InChI is InChI=1S/C17H24N2O2/c1-3-17(21,13-5-4-8-18-10-13)12-6-7-14-11(2)16(20)19-15(14)9-12/h6-7,9,11,13,18,21H,3-5,8,10H2,1-2H3,(H,19,20). The minimum Gasteiger partial charge on any atom is -0.385 e. The SMILES string of the molecule is CCC(O)(c1ccc2c(c1)NC(=O)C2C)C1CCCNC1. The van der Waals surface area contributed by atoms with Gasteiger partial charge >= 0.3 is 0 Å². The Labute approximate surface area is 125 Å². The smallest absolute Gasteiger partial charge is 0.231 e. The predicted molar refractivity (Wildman–Crippen MR) is 83.3 cm³/mol. The van der Waals surface area contributed by atoms with Gasteiger partial charge in [0, 0.05) is 18.2 Å². The van der Waals surface area contributed by atoms with Crippen molar-refractivity contribution in [1.82, 2.24) is 5.32 Å². The number of nitrogens with one attached hydrogen (secondary N) is 2. The number of anilines is 1. The summed E-state index contributed by atoms with van der Waals surface area (Å²) in [5, 5.41) is 17.5. The van der Waals surface area contributed by atoms with Crippen LogP contribution in [0.25, 0.3) is 0 Å². The molecule has 1 aromatic carbocycles. The molecule has 0 spiro atoms. The van der Waals surface area contributed by atoms with Gasteiger partial charge in [0.25, 0.3) is 0 Å². The van der Waals surface area contributed by atoms with Crippen LogP contribution in [0.2, 0.25) is 0 Å². The molecule has 21 heavy (non-hydrogen) atoms. The van der Waals surface area contributed by atoms with E-state index in [0.717, 1.165) is 42.7 Å². The zero-order chi connectivity index (χ0) is 15.0. The summed E-state index contributed by atoms with van der Waals surface area (Å²) in [6.07, 6.45) is 2.82. The number of carbonyl (C=O) groups is 1. The van der Waals surface area contributed by atoms with E-state index in [-0.39, 0.29) is 17.7 Å². The molecule has 1 aromatic rings. The highest BCUT2D eigenvalue weighted by atomic mass is 16.3. The fourth-order valence-electron chi connectivity index (χ4n) is 3.68. The van der Waals surface area contributed by atoms with E-state index in [2.05, 4.69) is 10.6 Å². The number of carbonyl (C=O) groups excluding carboxylic acids is 1. The Morgan fingerprint density at radius 3 is 2.90 bits per heavy atom. The quantitative estimate of drug-likeness (QED) is 0.800. The van der Waals surface area contributed by atoms with Crippen molar-refractivity contribution in [2.45, 2.75) is 44.6 Å². The third kappa shape index (κ3) is 2.36. The van der Waals surface area contributed by atoms with Crippen LogP contribution in [-0.4, -0.2) is 24.1 Å².